The third-order valence-corrected chi connectivity index (χ3v) is 5.48. The molecule has 0 spiro atoms. The van der Waals surface area contributed by atoms with E-state index in [1.807, 2.05) is 0 Å². The van der Waals surface area contributed by atoms with E-state index in [-0.39, 0.29) is 14.9 Å². The van der Waals surface area contributed by atoms with Gasteiger partial charge in [0.05, 0.1) is 10.0 Å². The Bertz CT molecular complexity index is 483. The fraction of sp³-hybridized carbons (Fsp3) is 0.500. The molecule has 1 rings (SSSR count). The molecule has 102 valence electrons. The summed E-state index contributed by atoms with van der Waals surface area (Å²) in [5.41, 5.74) is 0. The summed E-state index contributed by atoms with van der Waals surface area (Å²) in [4.78, 5) is -0.00710. The fourth-order valence-corrected chi connectivity index (χ4v) is 3.88. The predicted octanol–water partition coefficient (Wildman–Crippen LogP) is 3.80. The Kier molecular flexibility index (Phi) is 5.92. The lowest BCUT2D eigenvalue weighted by molar-refractivity contribution is 0.454. The minimum atomic E-state index is -3.61. The summed E-state index contributed by atoms with van der Waals surface area (Å²) in [6, 6.07) is 4.68. The number of benzene rings is 1. The molecule has 18 heavy (non-hydrogen) atoms. The molecule has 3 nitrogen and oxygen atoms in total. The molecule has 0 amide bonds. The zero-order valence-electron chi connectivity index (χ0n) is 10.5. The first-order valence-corrected chi connectivity index (χ1v) is 8.01. The van der Waals surface area contributed by atoms with Crippen LogP contribution in [0.4, 0.5) is 0 Å². The van der Waals surface area contributed by atoms with Gasteiger partial charge in [-0.05, 0) is 18.6 Å². The van der Waals surface area contributed by atoms with Gasteiger partial charge in [-0.2, -0.15) is 0 Å². The first kappa shape index (κ1) is 15.8. The van der Waals surface area contributed by atoms with Crippen molar-refractivity contribution in [2.75, 3.05) is 13.6 Å². The van der Waals surface area contributed by atoms with Crippen LogP contribution >= 0.6 is 23.2 Å². The van der Waals surface area contributed by atoms with Crippen LogP contribution in [0.2, 0.25) is 10.0 Å². The second-order valence-electron chi connectivity index (χ2n) is 4.08. The zero-order chi connectivity index (χ0) is 13.8. The van der Waals surface area contributed by atoms with E-state index in [1.54, 1.807) is 13.1 Å². The van der Waals surface area contributed by atoms with Gasteiger partial charge in [-0.1, -0.05) is 49.0 Å². The Hall–Kier alpha value is -0.290. The predicted molar refractivity (Wildman–Crippen MR) is 75.8 cm³/mol. The van der Waals surface area contributed by atoms with Crippen molar-refractivity contribution in [1.29, 1.82) is 0 Å². The Morgan fingerprint density at radius 1 is 1.17 bits per heavy atom. The molecule has 6 heteroatoms. The van der Waals surface area contributed by atoms with Gasteiger partial charge in [-0.15, -0.1) is 0 Å². The van der Waals surface area contributed by atoms with Crippen LogP contribution in [0.3, 0.4) is 0 Å². The number of sulfonamides is 1. The Labute approximate surface area is 119 Å². The van der Waals surface area contributed by atoms with Gasteiger partial charge < -0.3 is 0 Å². The average Bonchev–Trinajstić information content (AvgIpc) is 2.28. The van der Waals surface area contributed by atoms with Gasteiger partial charge in [-0.3, -0.25) is 0 Å². The Morgan fingerprint density at radius 2 is 1.72 bits per heavy atom. The molecular weight excluding hydrogens is 293 g/mol. The van der Waals surface area contributed by atoms with Crippen LogP contribution in [0, 0.1) is 0 Å². The van der Waals surface area contributed by atoms with E-state index in [0.717, 1.165) is 19.3 Å². The molecule has 1 aromatic rings. The molecule has 0 radical (unpaired) electrons. The smallest absolute Gasteiger partial charge is 0.207 e. The van der Waals surface area contributed by atoms with E-state index < -0.39 is 10.0 Å². The third-order valence-electron chi connectivity index (χ3n) is 2.66. The molecule has 0 unspecified atom stereocenters. The normalized spacial score (nSPS) is 12.1. The van der Waals surface area contributed by atoms with Crippen molar-refractivity contribution in [3.63, 3.8) is 0 Å². The number of unbranched alkanes of at least 4 members (excludes halogenated alkanes) is 2. The fourth-order valence-electron chi connectivity index (χ4n) is 1.59. The summed E-state index contributed by atoms with van der Waals surface area (Å²) < 4.78 is 26.0. The van der Waals surface area contributed by atoms with Gasteiger partial charge in [0.2, 0.25) is 10.0 Å². The Balaban J connectivity index is 2.99. The second-order valence-corrected chi connectivity index (χ2v) is 6.88. The van der Waals surface area contributed by atoms with Crippen molar-refractivity contribution < 1.29 is 8.42 Å². The van der Waals surface area contributed by atoms with Crippen molar-refractivity contribution in [3.8, 4) is 0 Å². The largest absolute Gasteiger partial charge is 0.245 e. The molecule has 0 aromatic heterocycles. The molecule has 0 heterocycles. The zero-order valence-corrected chi connectivity index (χ0v) is 12.8. The number of hydrogen-bond donors (Lipinski definition) is 0. The third kappa shape index (κ3) is 3.60. The van der Waals surface area contributed by atoms with E-state index in [9.17, 15) is 8.42 Å². The molecule has 0 saturated carbocycles. The maximum absolute atomic E-state index is 12.3. The van der Waals surface area contributed by atoms with Gasteiger partial charge >= 0.3 is 0 Å². The lowest BCUT2D eigenvalue weighted by atomic mass is 10.2. The quantitative estimate of drug-likeness (QED) is 0.749. The molecule has 1 aromatic carbocycles. The Morgan fingerprint density at radius 3 is 2.22 bits per heavy atom. The summed E-state index contributed by atoms with van der Waals surface area (Å²) in [7, 11) is -2.07. The van der Waals surface area contributed by atoms with E-state index in [0.29, 0.717) is 6.54 Å². The van der Waals surface area contributed by atoms with Crippen LogP contribution in [0.1, 0.15) is 26.2 Å². The van der Waals surface area contributed by atoms with Crippen LogP contribution in [0.15, 0.2) is 23.1 Å². The highest BCUT2D eigenvalue weighted by Gasteiger charge is 2.25. The summed E-state index contributed by atoms with van der Waals surface area (Å²) in [6.45, 7) is 2.54. The van der Waals surface area contributed by atoms with Gasteiger partial charge in [0.25, 0.3) is 0 Å². The lowest BCUT2D eigenvalue weighted by Crippen LogP contribution is -2.28. The van der Waals surface area contributed by atoms with Gasteiger partial charge in [0.1, 0.15) is 4.90 Å². The maximum Gasteiger partial charge on any atom is 0.245 e. The summed E-state index contributed by atoms with van der Waals surface area (Å²) >= 11 is 11.9. The van der Waals surface area contributed by atoms with Crippen LogP contribution < -0.4 is 0 Å². The second kappa shape index (κ2) is 6.75. The van der Waals surface area contributed by atoms with Crippen molar-refractivity contribution in [2.24, 2.45) is 0 Å². The van der Waals surface area contributed by atoms with Gasteiger partial charge in [-0.25, -0.2) is 12.7 Å². The first-order valence-electron chi connectivity index (χ1n) is 5.81. The van der Waals surface area contributed by atoms with E-state index in [1.165, 1.54) is 16.4 Å². The highest BCUT2D eigenvalue weighted by Crippen LogP contribution is 2.30. The molecule has 0 aliphatic carbocycles. The van der Waals surface area contributed by atoms with Crippen LogP contribution in [0.5, 0.6) is 0 Å². The number of halogens is 2. The SMILES string of the molecule is CCCCCN(C)S(=O)(=O)c1c(Cl)cccc1Cl. The highest BCUT2D eigenvalue weighted by molar-refractivity contribution is 7.89. The molecule has 0 aliphatic heterocycles. The topological polar surface area (TPSA) is 37.4 Å². The maximum atomic E-state index is 12.3. The number of hydrogen-bond acceptors (Lipinski definition) is 2. The van der Waals surface area contributed by atoms with Crippen molar-refractivity contribution in [2.45, 2.75) is 31.1 Å². The monoisotopic (exact) mass is 309 g/mol. The molecule has 0 bridgehead atoms. The van der Waals surface area contributed by atoms with Crippen molar-refractivity contribution in [3.05, 3.63) is 28.2 Å². The van der Waals surface area contributed by atoms with Crippen molar-refractivity contribution >= 4 is 33.2 Å². The van der Waals surface area contributed by atoms with E-state index in [2.05, 4.69) is 6.92 Å². The molecule has 0 aliphatic rings. The van der Waals surface area contributed by atoms with Gasteiger partial charge in [0.15, 0.2) is 0 Å². The minimum Gasteiger partial charge on any atom is -0.207 e. The average molecular weight is 310 g/mol. The van der Waals surface area contributed by atoms with Crippen LogP contribution in [-0.4, -0.2) is 26.3 Å². The first-order chi connectivity index (χ1) is 8.41. The molecule has 0 saturated heterocycles. The van der Waals surface area contributed by atoms with E-state index in [4.69, 9.17) is 23.2 Å². The lowest BCUT2D eigenvalue weighted by Gasteiger charge is -2.18. The summed E-state index contributed by atoms with van der Waals surface area (Å²) in [5, 5.41) is 0.315. The number of nitrogens with zero attached hydrogens (tertiary/aromatic N) is 1. The summed E-state index contributed by atoms with van der Waals surface area (Å²) in [5.74, 6) is 0. The van der Waals surface area contributed by atoms with Crippen LogP contribution in [0.25, 0.3) is 0 Å². The molecule has 0 atom stereocenters. The molecule has 0 fully saturated rings. The summed E-state index contributed by atoms with van der Waals surface area (Å²) in [6.07, 6.45) is 2.87. The number of rotatable bonds is 6. The van der Waals surface area contributed by atoms with Crippen molar-refractivity contribution in [1.82, 2.24) is 4.31 Å². The molecule has 0 N–H and O–H groups in total. The molecular formula is C12H17Cl2NO2S. The van der Waals surface area contributed by atoms with Gasteiger partial charge in [0, 0.05) is 13.6 Å². The van der Waals surface area contributed by atoms with E-state index >= 15 is 0 Å². The van der Waals surface area contributed by atoms with Crippen LogP contribution in [-0.2, 0) is 10.0 Å². The standard InChI is InChI=1S/C12H17Cl2NO2S/c1-3-4-5-9-15(2)18(16,17)12-10(13)7-6-8-11(12)14/h6-8H,3-5,9H2,1-2H3. The minimum absolute atomic E-state index is 0.00710. The highest BCUT2D eigenvalue weighted by atomic mass is 35.5.